The number of hydrogen-bond acceptors (Lipinski definition) is 7. The molecule has 0 radical (unpaired) electrons. The highest BCUT2D eigenvalue weighted by atomic mass is 16.5. The average Bonchev–Trinajstić information content (AvgIpc) is 2.92. The van der Waals surface area contributed by atoms with Crippen LogP contribution in [-0.2, 0) is 4.74 Å². The van der Waals surface area contributed by atoms with E-state index in [1.807, 2.05) is 24.3 Å². The molecule has 3 aromatic rings. The Morgan fingerprint density at radius 3 is 2.61 bits per heavy atom. The minimum Gasteiger partial charge on any atom is -0.493 e. The molecule has 2 aromatic carbocycles. The van der Waals surface area contributed by atoms with Crippen LogP contribution in [0.3, 0.4) is 0 Å². The summed E-state index contributed by atoms with van der Waals surface area (Å²) in [7, 11) is 1.67. The molecule has 0 amide bonds. The van der Waals surface area contributed by atoms with Gasteiger partial charge in [0.2, 0.25) is 0 Å². The first-order valence-corrected chi connectivity index (χ1v) is 12.5. The second kappa shape index (κ2) is 14.4. The van der Waals surface area contributed by atoms with Crippen molar-refractivity contribution >= 4 is 5.82 Å². The van der Waals surface area contributed by atoms with E-state index in [1.165, 1.54) is 5.56 Å². The lowest BCUT2D eigenvalue weighted by Gasteiger charge is -2.26. The van der Waals surface area contributed by atoms with Gasteiger partial charge in [0, 0.05) is 25.2 Å². The molecule has 1 atom stereocenters. The van der Waals surface area contributed by atoms with Crippen LogP contribution in [0.2, 0.25) is 0 Å². The van der Waals surface area contributed by atoms with E-state index in [0.29, 0.717) is 12.4 Å². The lowest BCUT2D eigenvalue weighted by molar-refractivity contribution is 0.0357. The first kappa shape index (κ1) is 27.4. The summed E-state index contributed by atoms with van der Waals surface area (Å²) in [5.74, 6) is 2.20. The van der Waals surface area contributed by atoms with Crippen molar-refractivity contribution < 1.29 is 14.2 Å². The van der Waals surface area contributed by atoms with Gasteiger partial charge in [0.05, 0.1) is 51.1 Å². The van der Waals surface area contributed by atoms with Gasteiger partial charge < -0.3 is 19.5 Å². The van der Waals surface area contributed by atoms with Crippen LogP contribution >= 0.6 is 0 Å². The van der Waals surface area contributed by atoms with Crippen LogP contribution in [0.5, 0.6) is 11.5 Å². The highest BCUT2D eigenvalue weighted by molar-refractivity contribution is 5.64. The molecule has 194 valence electrons. The van der Waals surface area contributed by atoms with Gasteiger partial charge in [-0.1, -0.05) is 51.1 Å². The summed E-state index contributed by atoms with van der Waals surface area (Å²) in [5, 5.41) is 3.57. The minimum absolute atomic E-state index is 0. The van der Waals surface area contributed by atoms with Gasteiger partial charge in [-0.15, -0.1) is 0 Å². The lowest BCUT2D eigenvalue weighted by Crippen LogP contribution is -2.37. The third-order valence-corrected chi connectivity index (χ3v) is 6.18. The van der Waals surface area contributed by atoms with Gasteiger partial charge in [-0.05, 0) is 36.6 Å². The normalized spacial score (nSPS) is 14.5. The first-order valence-electron chi connectivity index (χ1n) is 12.5. The summed E-state index contributed by atoms with van der Waals surface area (Å²) in [6.45, 7) is 7.49. The van der Waals surface area contributed by atoms with Crippen LogP contribution in [0.4, 0.5) is 5.82 Å². The van der Waals surface area contributed by atoms with Crippen molar-refractivity contribution in [3.8, 4) is 22.8 Å². The number of hydrogen-bond donors (Lipinski definition) is 1. The molecule has 2 heterocycles. The van der Waals surface area contributed by atoms with E-state index in [9.17, 15) is 0 Å². The zero-order valence-corrected chi connectivity index (χ0v) is 20.8. The molecule has 1 aliphatic heterocycles. The summed E-state index contributed by atoms with van der Waals surface area (Å²) in [4.78, 5) is 11.7. The summed E-state index contributed by atoms with van der Waals surface area (Å²) in [6, 6.07) is 16.6. The van der Waals surface area contributed by atoms with Gasteiger partial charge in [-0.2, -0.15) is 0 Å². The topological polar surface area (TPSA) is 68.7 Å². The molecule has 1 aliphatic rings. The van der Waals surface area contributed by atoms with E-state index in [1.54, 1.807) is 19.5 Å². The van der Waals surface area contributed by atoms with Gasteiger partial charge >= 0.3 is 0 Å². The van der Waals surface area contributed by atoms with E-state index in [-0.39, 0.29) is 13.5 Å². The quantitative estimate of drug-likeness (QED) is 0.318. The third kappa shape index (κ3) is 7.67. The fourth-order valence-electron chi connectivity index (χ4n) is 4.29. The fraction of sp³-hybridized carbons (Fsp3) is 0.448. The highest BCUT2D eigenvalue weighted by Crippen LogP contribution is 2.32. The monoisotopic (exact) mass is 492 g/mol. The number of nitrogens with zero attached hydrogens (tertiary/aromatic N) is 3. The SMILES string of the molecule is C.CCCC(Nc1cncc(-c2ccc(OCCCN3CCOCC3)c(OC)c2)n1)c1ccccc1. The first-order chi connectivity index (χ1) is 17.3. The molecular formula is C29H40N4O3. The molecule has 1 N–H and O–H groups in total. The summed E-state index contributed by atoms with van der Waals surface area (Å²) >= 11 is 0. The molecule has 1 unspecified atom stereocenters. The maximum Gasteiger partial charge on any atom is 0.161 e. The molecule has 0 spiro atoms. The van der Waals surface area contributed by atoms with Crippen LogP contribution in [-0.4, -0.2) is 61.4 Å². The van der Waals surface area contributed by atoms with Crippen LogP contribution in [0.25, 0.3) is 11.3 Å². The third-order valence-electron chi connectivity index (χ3n) is 6.18. The molecule has 0 aliphatic carbocycles. The molecule has 1 saturated heterocycles. The maximum atomic E-state index is 6.03. The van der Waals surface area contributed by atoms with E-state index >= 15 is 0 Å². The van der Waals surface area contributed by atoms with E-state index in [4.69, 9.17) is 19.2 Å². The summed E-state index contributed by atoms with van der Waals surface area (Å²) in [6.07, 6.45) is 6.61. The van der Waals surface area contributed by atoms with Crippen molar-refractivity contribution in [1.29, 1.82) is 0 Å². The Kier molecular flexibility index (Phi) is 11.0. The summed E-state index contributed by atoms with van der Waals surface area (Å²) < 4.78 is 17.1. The smallest absolute Gasteiger partial charge is 0.161 e. The van der Waals surface area contributed by atoms with E-state index in [0.717, 1.165) is 74.9 Å². The van der Waals surface area contributed by atoms with Crippen LogP contribution in [0, 0.1) is 0 Å². The zero-order valence-electron chi connectivity index (χ0n) is 20.8. The molecular weight excluding hydrogens is 452 g/mol. The Bertz CT molecular complexity index is 1040. The minimum atomic E-state index is 0. The fourth-order valence-corrected chi connectivity index (χ4v) is 4.29. The average molecular weight is 493 g/mol. The van der Waals surface area contributed by atoms with Crippen LogP contribution < -0.4 is 14.8 Å². The summed E-state index contributed by atoms with van der Waals surface area (Å²) in [5.41, 5.74) is 2.97. The number of rotatable bonds is 12. The van der Waals surface area contributed by atoms with Crippen molar-refractivity contribution in [1.82, 2.24) is 14.9 Å². The Hall–Kier alpha value is -3.16. The number of methoxy groups -OCH3 is 1. The number of morpholine rings is 1. The number of aromatic nitrogens is 2. The van der Waals surface area contributed by atoms with Gasteiger partial charge in [0.15, 0.2) is 11.5 Å². The molecule has 7 nitrogen and oxygen atoms in total. The molecule has 1 aromatic heterocycles. The van der Waals surface area contributed by atoms with Crippen molar-refractivity contribution in [2.24, 2.45) is 0 Å². The van der Waals surface area contributed by atoms with Gasteiger partial charge in [0.25, 0.3) is 0 Å². The molecule has 4 rings (SSSR count). The Morgan fingerprint density at radius 2 is 1.86 bits per heavy atom. The molecule has 7 heteroatoms. The predicted octanol–water partition coefficient (Wildman–Crippen LogP) is 5.84. The number of benzene rings is 2. The molecule has 1 fully saturated rings. The van der Waals surface area contributed by atoms with Crippen LogP contribution in [0.1, 0.15) is 45.2 Å². The number of ether oxygens (including phenoxy) is 3. The van der Waals surface area contributed by atoms with Gasteiger partial charge in [-0.25, -0.2) is 4.98 Å². The van der Waals surface area contributed by atoms with Gasteiger partial charge in [0.1, 0.15) is 5.82 Å². The molecule has 36 heavy (non-hydrogen) atoms. The van der Waals surface area contributed by atoms with E-state index < -0.39 is 0 Å². The van der Waals surface area contributed by atoms with Crippen molar-refractivity contribution in [2.75, 3.05) is 51.9 Å². The Balaban J connectivity index is 0.00000361. The number of nitrogens with one attached hydrogen (secondary N) is 1. The standard InChI is InChI=1S/C28H36N4O3.CH4/c1-3-8-24(22-9-5-4-6-10-22)30-28-21-29-20-25(31-28)23-11-12-26(27(19-23)33-2)35-16-7-13-32-14-17-34-18-15-32;/h4-6,9-12,19-21,24H,3,7-8,13-18H2,1-2H3,(H,30,31);1H4. The van der Waals surface area contributed by atoms with Crippen LogP contribution in [0.15, 0.2) is 60.9 Å². The second-order valence-electron chi connectivity index (χ2n) is 8.71. The Morgan fingerprint density at radius 1 is 1.06 bits per heavy atom. The molecule has 0 bridgehead atoms. The molecule has 0 saturated carbocycles. The maximum absolute atomic E-state index is 6.03. The van der Waals surface area contributed by atoms with Crippen molar-refractivity contribution in [3.05, 3.63) is 66.5 Å². The zero-order chi connectivity index (χ0) is 24.3. The number of anilines is 1. The Labute approximate surface area is 215 Å². The second-order valence-corrected chi connectivity index (χ2v) is 8.71. The largest absolute Gasteiger partial charge is 0.493 e. The van der Waals surface area contributed by atoms with E-state index in [2.05, 4.69) is 46.4 Å². The highest BCUT2D eigenvalue weighted by Gasteiger charge is 2.14. The van der Waals surface area contributed by atoms with Crippen molar-refractivity contribution in [3.63, 3.8) is 0 Å². The van der Waals surface area contributed by atoms with Crippen molar-refractivity contribution in [2.45, 2.75) is 39.7 Å². The lowest BCUT2D eigenvalue weighted by atomic mass is 10.0. The predicted molar refractivity (Wildman–Crippen MR) is 146 cm³/mol. The van der Waals surface area contributed by atoms with Gasteiger partial charge in [-0.3, -0.25) is 9.88 Å².